The van der Waals surface area contributed by atoms with Crippen LogP contribution in [0.2, 0.25) is 0 Å². The summed E-state index contributed by atoms with van der Waals surface area (Å²) in [4.78, 5) is 3.92. The van der Waals surface area contributed by atoms with Gasteiger partial charge in [-0.3, -0.25) is 0 Å². The predicted molar refractivity (Wildman–Crippen MR) is 53.7 cm³/mol. The van der Waals surface area contributed by atoms with Crippen molar-refractivity contribution in [2.45, 2.75) is 13.1 Å². The van der Waals surface area contributed by atoms with Crippen molar-refractivity contribution in [2.24, 2.45) is 0 Å². The molecule has 2 aromatic rings. The zero-order chi connectivity index (χ0) is 11.9. The Kier molecular flexibility index (Phi) is 2.26. The molecule has 0 radical (unpaired) electrons. The lowest BCUT2D eigenvalue weighted by Gasteiger charge is -2.04. The maximum absolute atomic E-state index is 12.4. The van der Waals surface area contributed by atoms with E-state index in [-0.39, 0.29) is 11.4 Å². The van der Waals surface area contributed by atoms with E-state index in [1.54, 1.807) is 6.92 Å². The summed E-state index contributed by atoms with van der Waals surface area (Å²) >= 11 is 0. The Hall–Kier alpha value is -1.78. The van der Waals surface area contributed by atoms with Crippen molar-refractivity contribution in [3.05, 3.63) is 36.2 Å². The molecule has 0 saturated heterocycles. The van der Waals surface area contributed by atoms with Gasteiger partial charge in [0.05, 0.1) is 5.56 Å². The molecule has 0 atom stereocenters. The number of fused-ring (bicyclic) bond motifs is 1. The van der Waals surface area contributed by atoms with Crippen molar-refractivity contribution < 1.29 is 17.6 Å². The van der Waals surface area contributed by atoms with Gasteiger partial charge in [0.25, 0.3) is 0 Å². The first-order valence-corrected chi connectivity index (χ1v) is 4.51. The molecule has 84 valence electrons. The molecule has 2 nitrogen and oxygen atoms in total. The van der Waals surface area contributed by atoms with Gasteiger partial charge in [-0.2, -0.15) is 13.2 Å². The number of alkyl halides is 3. The fraction of sp³-hybridized carbons (Fsp3) is 0.182. The van der Waals surface area contributed by atoms with Gasteiger partial charge < -0.3 is 4.42 Å². The number of benzene rings is 1. The largest absolute Gasteiger partial charge is 0.436 e. The second-order valence-corrected chi connectivity index (χ2v) is 3.48. The highest BCUT2D eigenvalue weighted by atomic mass is 19.4. The molecule has 0 saturated carbocycles. The molecule has 1 aromatic heterocycles. The van der Waals surface area contributed by atoms with Gasteiger partial charge in [-0.15, -0.1) is 0 Å². The average molecular weight is 227 g/mol. The van der Waals surface area contributed by atoms with E-state index in [1.807, 2.05) is 0 Å². The lowest BCUT2D eigenvalue weighted by molar-refractivity contribution is -0.137. The second kappa shape index (κ2) is 3.37. The Morgan fingerprint density at radius 2 is 2.06 bits per heavy atom. The van der Waals surface area contributed by atoms with E-state index in [9.17, 15) is 13.2 Å². The molecule has 1 aromatic carbocycles. The minimum atomic E-state index is -4.36. The molecule has 0 bridgehead atoms. The molecule has 2 rings (SSSR count). The summed E-state index contributed by atoms with van der Waals surface area (Å²) in [5, 5.41) is 0. The number of hydrogen-bond acceptors (Lipinski definition) is 2. The molecule has 0 aliphatic carbocycles. The number of nitrogens with zero attached hydrogens (tertiary/aromatic N) is 1. The first-order valence-electron chi connectivity index (χ1n) is 4.51. The Morgan fingerprint density at radius 1 is 1.38 bits per heavy atom. The SMILES string of the molecule is C=C(C)c1nc2cc(C(F)(F)F)ccc2o1. The molecule has 1 heterocycles. The molecular weight excluding hydrogens is 219 g/mol. The van der Waals surface area contributed by atoms with E-state index in [0.717, 1.165) is 12.1 Å². The Balaban J connectivity index is 2.58. The lowest BCUT2D eigenvalue weighted by atomic mass is 10.2. The summed E-state index contributed by atoms with van der Waals surface area (Å²) in [6.45, 7) is 5.29. The molecule has 0 aliphatic heterocycles. The molecule has 0 amide bonds. The van der Waals surface area contributed by atoms with Gasteiger partial charge in [0.15, 0.2) is 5.58 Å². The first kappa shape index (κ1) is 10.7. The number of allylic oxidation sites excluding steroid dienone is 1. The third-order valence-corrected chi connectivity index (χ3v) is 2.08. The van der Waals surface area contributed by atoms with Gasteiger partial charge in [-0.25, -0.2) is 4.98 Å². The van der Waals surface area contributed by atoms with Gasteiger partial charge >= 0.3 is 6.18 Å². The van der Waals surface area contributed by atoms with Gasteiger partial charge in [-0.05, 0) is 25.1 Å². The van der Waals surface area contributed by atoms with Crippen LogP contribution in [0.5, 0.6) is 0 Å². The Labute approximate surface area is 89.4 Å². The fourth-order valence-corrected chi connectivity index (χ4v) is 1.29. The van der Waals surface area contributed by atoms with Crippen LogP contribution in [-0.2, 0) is 6.18 Å². The summed E-state index contributed by atoms with van der Waals surface area (Å²) in [7, 11) is 0. The average Bonchev–Trinajstić information content (AvgIpc) is 2.58. The second-order valence-electron chi connectivity index (χ2n) is 3.48. The van der Waals surface area contributed by atoms with Crippen LogP contribution >= 0.6 is 0 Å². The van der Waals surface area contributed by atoms with Crippen molar-refractivity contribution in [1.82, 2.24) is 4.98 Å². The van der Waals surface area contributed by atoms with Gasteiger partial charge in [-0.1, -0.05) is 6.58 Å². The molecule has 0 unspecified atom stereocenters. The molecule has 0 spiro atoms. The summed E-state index contributed by atoms with van der Waals surface area (Å²) in [5.41, 5.74) is 0.352. The topological polar surface area (TPSA) is 26.0 Å². The molecule has 0 aliphatic rings. The fourth-order valence-electron chi connectivity index (χ4n) is 1.29. The maximum Gasteiger partial charge on any atom is 0.416 e. The van der Waals surface area contributed by atoms with E-state index < -0.39 is 11.7 Å². The van der Waals surface area contributed by atoms with Crippen LogP contribution in [0, 0.1) is 0 Å². The molecule has 0 fully saturated rings. The van der Waals surface area contributed by atoms with Crippen LogP contribution in [0.15, 0.2) is 29.2 Å². The van der Waals surface area contributed by atoms with Crippen LogP contribution in [0.3, 0.4) is 0 Å². The number of hydrogen-bond donors (Lipinski definition) is 0. The lowest BCUT2D eigenvalue weighted by Crippen LogP contribution is -2.03. The molecular formula is C11H8F3NO. The zero-order valence-electron chi connectivity index (χ0n) is 8.43. The normalized spacial score (nSPS) is 12.0. The number of halogens is 3. The van der Waals surface area contributed by atoms with Crippen LogP contribution in [-0.4, -0.2) is 4.98 Å². The standard InChI is InChI=1S/C11H8F3NO/c1-6(2)10-15-8-5-7(11(12,13)14)3-4-9(8)16-10/h3-5H,1H2,2H3. The van der Waals surface area contributed by atoms with E-state index in [2.05, 4.69) is 11.6 Å². The highest BCUT2D eigenvalue weighted by molar-refractivity contribution is 5.76. The molecule has 0 N–H and O–H groups in total. The Bertz CT molecular complexity index is 554. The van der Waals surface area contributed by atoms with E-state index in [4.69, 9.17) is 4.42 Å². The van der Waals surface area contributed by atoms with Gasteiger partial charge in [0.2, 0.25) is 5.89 Å². The number of oxazole rings is 1. The number of aromatic nitrogens is 1. The monoisotopic (exact) mass is 227 g/mol. The number of rotatable bonds is 1. The van der Waals surface area contributed by atoms with Crippen LogP contribution < -0.4 is 0 Å². The minimum absolute atomic E-state index is 0.188. The zero-order valence-corrected chi connectivity index (χ0v) is 8.43. The quantitative estimate of drug-likeness (QED) is 0.738. The smallest absolute Gasteiger partial charge is 0.416 e. The predicted octanol–water partition coefficient (Wildman–Crippen LogP) is 3.88. The summed E-state index contributed by atoms with van der Waals surface area (Å²) < 4.78 is 42.4. The summed E-state index contributed by atoms with van der Waals surface area (Å²) in [6.07, 6.45) is -4.36. The van der Waals surface area contributed by atoms with E-state index in [0.29, 0.717) is 11.2 Å². The first-order chi connectivity index (χ1) is 7.38. The minimum Gasteiger partial charge on any atom is -0.436 e. The van der Waals surface area contributed by atoms with Crippen molar-refractivity contribution in [3.63, 3.8) is 0 Å². The molecule has 16 heavy (non-hydrogen) atoms. The summed E-state index contributed by atoms with van der Waals surface area (Å²) in [6, 6.07) is 3.19. The van der Waals surface area contributed by atoms with Crippen LogP contribution in [0.25, 0.3) is 16.7 Å². The van der Waals surface area contributed by atoms with E-state index in [1.165, 1.54) is 6.07 Å². The van der Waals surface area contributed by atoms with Crippen molar-refractivity contribution in [2.75, 3.05) is 0 Å². The highest BCUT2D eigenvalue weighted by Gasteiger charge is 2.30. The third-order valence-electron chi connectivity index (χ3n) is 2.08. The van der Waals surface area contributed by atoms with Crippen molar-refractivity contribution in [1.29, 1.82) is 0 Å². The Morgan fingerprint density at radius 3 is 2.62 bits per heavy atom. The summed E-state index contributed by atoms with van der Waals surface area (Å²) in [5.74, 6) is 0.259. The van der Waals surface area contributed by atoms with Crippen molar-refractivity contribution >= 4 is 16.7 Å². The van der Waals surface area contributed by atoms with Crippen LogP contribution in [0.1, 0.15) is 18.4 Å². The van der Waals surface area contributed by atoms with Crippen LogP contribution in [0.4, 0.5) is 13.2 Å². The van der Waals surface area contributed by atoms with Gasteiger partial charge in [0, 0.05) is 5.57 Å². The van der Waals surface area contributed by atoms with Crippen molar-refractivity contribution in [3.8, 4) is 0 Å². The highest BCUT2D eigenvalue weighted by Crippen LogP contribution is 2.31. The third kappa shape index (κ3) is 1.80. The molecule has 5 heteroatoms. The van der Waals surface area contributed by atoms with Gasteiger partial charge in [0.1, 0.15) is 5.52 Å². The maximum atomic E-state index is 12.4. The van der Waals surface area contributed by atoms with E-state index >= 15 is 0 Å².